The summed E-state index contributed by atoms with van der Waals surface area (Å²) in [6, 6.07) is 2.79. The molecule has 0 spiro atoms. The van der Waals surface area contributed by atoms with Crippen LogP contribution in [0.4, 0.5) is 14.5 Å². The second-order valence-electron chi connectivity index (χ2n) is 4.60. The second kappa shape index (κ2) is 5.34. The van der Waals surface area contributed by atoms with Crippen LogP contribution in [0.25, 0.3) is 0 Å². The number of anilines is 1. The van der Waals surface area contributed by atoms with E-state index in [0.29, 0.717) is 12.0 Å². The van der Waals surface area contributed by atoms with Crippen LogP contribution in [0.5, 0.6) is 0 Å². The minimum Gasteiger partial charge on any atom is -0.455 e. The third kappa shape index (κ3) is 3.49. The topological polar surface area (TPSA) is 55.4 Å². The molecule has 0 heterocycles. The number of benzene rings is 1. The van der Waals surface area contributed by atoms with Crippen LogP contribution in [0.3, 0.4) is 0 Å². The molecule has 0 aromatic heterocycles. The summed E-state index contributed by atoms with van der Waals surface area (Å²) in [5.41, 5.74) is -0.151. The number of carbonyl (C=O) groups is 2. The van der Waals surface area contributed by atoms with Crippen LogP contribution in [-0.2, 0) is 14.3 Å². The zero-order valence-electron chi connectivity index (χ0n) is 10.3. The van der Waals surface area contributed by atoms with Crippen molar-refractivity contribution in [2.24, 2.45) is 11.8 Å². The van der Waals surface area contributed by atoms with Gasteiger partial charge < -0.3 is 10.1 Å². The number of nitrogens with one attached hydrogen (secondary N) is 1. The summed E-state index contributed by atoms with van der Waals surface area (Å²) in [6.07, 6.45) is 0.771. The van der Waals surface area contributed by atoms with E-state index in [0.717, 1.165) is 18.6 Å². The second-order valence-corrected chi connectivity index (χ2v) is 4.60. The monoisotopic (exact) mass is 269 g/mol. The SMILES string of the molecule is C[C@@H]1C[C@H]1C(=O)OCC(=O)Nc1ccc(F)cc1F. The molecule has 19 heavy (non-hydrogen) atoms. The van der Waals surface area contributed by atoms with Gasteiger partial charge in [-0.15, -0.1) is 0 Å². The third-order valence-electron chi connectivity index (χ3n) is 2.96. The van der Waals surface area contributed by atoms with Crippen molar-refractivity contribution in [3.63, 3.8) is 0 Å². The number of ether oxygens (including phenoxy) is 1. The predicted octanol–water partition coefficient (Wildman–Crippen LogP) is 2.10. The molecule has 0 unspecified atom stereocenters. The van der Waals surface area contributed by atoms with Gasteiger partial charge in [0.1, 0.15) is 11.6 Å². The molecule has 1 aromatic carbocycles. The number of amides is 1. The van der Waals surface area contributed by atoms with E-state index in [2.05, 4.69) is 5.32 Å². The molecule has 1 aliphatic rings. The van der Waals surface area contributed by atoms with Crippen molar-refractivity contribution >= 4 is 17.6 Å². The smallest absolute Gasteiger partial charge is 0.309 e. The first-order chi connectivity index (χ1) is 8.97. The summed E-state index contributed by atoms with van der Waals surface area (Å²) in [5, 5.41) is 2.21. The minimum absolute atomic E-state index is 0.129. The molecule has 0 aliphatic heterocycles. The zero-order valence-corrected chi connectivity index (χ0v) is 10.3. The van der Waals surface area contributed by atoms with Crippen molar-refractivity contribution in [1.29, 1.82) is 0 Å². The molecule has 6 heteroatoms. The maximum Gasteiger partial charge on any atom is 0.309 e. The van der Waals surface area contributed by atoms with E-state index in [9.17, 15) is 18.4 Å². The Labute approximate surface area is 108 Å². The lowest BCUT2D eigenvalue weighted by molar-refractivity contribution is -0.148. The predicted molar refractivity (Wildman–Crippen MR) is 63.2 cm³/mol. The normalized spacial score (nSPS) is 20.8. The lowest BCUT2D eigenvalue weighted by Gasteiger charge is -2.07. The molecule has 1 amide bonds. The van der Waals surface area contributed by atoms with Crippen LogP contribution in [0.1, 0.15) is 13.3 Å². The van der Waals surface area contributed by atoms with E-state index in [-0.39, 0.29) is 11.6 Å². The molecule has 4 nitrogen and oxygen atoms in total. The average Bonchev–Trinajstić information content (AvgIpc) is 3.07. The van der Waals surface area contributed by atoms with Crippen LogP contribution in [0.15, 0.2) is 18.2 Å². The highest BCUT2D eigenvalue weighted by atomic mass is 19.1. The summed E-state index contributed by atoms with van der Waals surface area (Å²) in [7, 11) is 0. The Kier molecular flexibility index (Phi) is 3.78. The van der Waals surface area contributed by atoms with Gasteiger partial charge in [-0.3, -0.25) is 9.59 Å². The molecule has 1 aliphatic carbocycles. The molecular formula is C13H13F2NO3. The van der Waals surface area contributed by atoms with Gasteiger partial charge in [0.2, 0.25) is 0 Å². The van der Waals surface area contributed by atoms with Gasteiger partial charge in [0.05, 0.1) is 11.6 Å². The highest BCUT2D eigenvalue weighted by molar-refractivity contribution is 5.93. The van der Waals surface area contributed by atoms with E-state index in [1.165, 1.54) is 0 Å². The Balaban J connectivity index is 1.82. The molecular weight excluding hydrogens is 256 g/mol. The van der Waals surface area contributed by atoms with Gasteiger partial charge in [0, 0.05) is 6.07 Å². The standard InChI is InChI=1S/C13H13F2NO3/c1-7-4-9(7)13(18)19-6-12(17)16-11-3-2-8(14)5-10(11)15/h2-3,5,7,9H,4,6H2,1H3,(H,16,17)/t7-,9-/m1/s1. The fourth-order valence-corrected chi connectivity index (χ4v) is 1.67. The summed E-state index contributed by atoms with van der Waals surface area (Å²) in [5.74, 6) is -2.52. The molecule has 2 rings (SSSR count). The van der Waals surface area contributed by atoms with Gasteiger partial charge >= 0.3 is 5.97 Å². The summed E-state index contributed by atoms with van der Waals surface area (Å²) >= 11 is 0. The highest BCUT2D eigenvalue weighted by Gasteiger charge is 2.40. The van der Waals surface area contributed by atoms with Crippen LogP contribution < -0.4 is 5.32 Å². The number of hydrogen-bond donors (Lipinski definition) is 1. The van der Waals surface area contributed by atoms with Crippen molar-refractivity contribution in [2.75, 3.05) is 11.9 Å². The van der Waals surface area contributed by atoms with Gasteiger partial charge in [-0.05, 0) is 24.5 Å². The molecule has 1 saturated carbocycles. The van der Waals surface area contributed by atoms with Gasteiger partial charge in [-0.1, -0.05) is 6.92 Å². The first-order valence-corrected chi connectivity index (χ1v) is 5.89. The lowest BCUT2D eigenvalue weighted by atomic mass is 10.3. The molecule has 1 N–H and O–H groups in total. The van der Waals surface area contributed by atoms with E-state index >= 15 is 0 Å². The van der Waals surface area contributed by atoms with Crippen LogP contribution in [0, 0.1) is 23.5 Å². The van der Waals surface area contributed by atoms with Crippen molar-refractivity contribution in [3.8, 4) is 0 Å². The first-order valence-electron chi connectivity index (χ1n) is 5.89. The Morgan fingerprint density at radius 2 is 2.11 bits per heavy atom. The van der Waals surface area contributed by atoms with Crippen molar-refractivity contribution in [3.05, 3.63) is 29.8 Å². The fourth-order valence-electron chi connectivity index (χ4n) is 1.67. The van der Waals surface area contributed by atoms with Crippen molar-refractivity contribution in [2.45, 2.75) is 13.3 Å². The Bertz CT molecular complexity index is 519. The Morgan fingerprint density at radius 1 is 1.42 bits per heavy atom. The summed E-state index contributed by atoms with van der Waals surface area (Å²) in [6.45, 7) is 1.44. The van der Waals surface area contributed by atoms with E-state index in [1.54, 1.807) is 0 Å². The molecule has 1 aromatic rings. The van der Waals surface area contributed by atoms with Gasteiger partial charge in [0.15, 0.2) is 6.61 Å². The molecule has 0 saturated heterocycles. The number of carbonyl (C=O) groups excluding carboxylic acids is 2. The van der Waals surface area contributed by atoms with Crippen LogP contribution in [0.2, 0.25) is 0 Å². The number of esters is 1. The number of rotatable bonds is 4. The third-order valence-corrected chi connectivity index (χ3v) is 2.96. The molecule has 102 valence electrons. The average molecular weight is 269 g/mol. The van der Waals surface area contributed by atoms with E-state index < -0.39 is 30.1 Å². The quantitative estimate of drug-likeness (QED) is 0.852. The summed E-state index contributed by atoms with van der Waals surface area (Å²) in [4.78, 5) is 22.8. The zero-order chi connectivity index (χ0) is 14.0. The van der Waals surface area contributed by atoms with E-state index in [4.69, 9.17) is 4.74 Å². The maximum atomic E-state index is 13.2. The van der Waals surface area contributed by atoms with E-state index in [1.807, 2.05) is 6.92 Å². The van der Waals surface area contributed by atoms with Gasteiger partial charge in [-0.25, -0.2) is 8.78 Å². The Morgan fingerprint density at radius 3 is 2.68 bits per heavy atom. The molecule has 2 atom stereocenters. The summed E-state index contributed by atoms with van der Waals surface area (Å²) < 4.78 is 30.7. The van der Waals surface area contributed by atoms with Crippen molar-refractivity contribution in [1.82, 2.24) is 0 Å². The van der Waals surface area contributed by atoms with Gasteiger partial charge in [0.25, 0.3) is 5.91 Å². The largest absolute Gasteiger partial charge is 0.455 e. The van der Waals surface area contributed by atoms with Gasteiger partial charge in [-0.2, -0.15) is 0 Å². The fraction of sp³-hybridized carbons (Fsp3) is 0.385. The Hall–Kier alpha value is -1.98. The molecule has 0 bridgehead atoms. The first kappa shape index (κ1) is 13.5. The van der Waals surface area contributed by atoms with Crippen LogP contribution in [-0.4, -0.2) is 18.5 Å². The number of halogens is 2. The molecule has 0 radical (unpaired) electrons. The molecule has 1 fully saturated rings. The maximum absolute atomic E-state index is 13.2. The van der Waals surface area contributed by atoms with Crippen molar-refractivity contribution < 1.29 is 23.1 Å². The minimum atomic E-state index is -0.879. The lowest BCUT2D eigenvalue weighted by Crippen LogP contribution is -2.22. The number of hydrogen-bond acceptors (Lipinski definition) is 3. The van der Waals surface area contributed by atoms with Crippen LogP contribution >= 0.6 is 0 Å². The highest BCUT2D eigenvalue weighted by Crippen LogP contribution is 2.38.